The lowest BCUT2D eigenvalue weighted by Crippen LogP contribution is -2.39. The monoisotopic (exact) mass is 480 g/mol. The van der Waals surface area contributed by atoms with Crippen LogP contribution in [0.25, 0.3) is 0 Å². The molecule has 0 aliphatic carbocycles. The zero-order valence-corrected chi connectivity index (χ0v) is 18.7. The second-order valence-electron chi connectivity index (χ2n) is 8.03. The van der Waals surface area contributed by atoms with E-state index in [9.17, 15) is 27.6 Å². The average molecular weight is 480 g/mol. The molecule has 3 heterocycles. The molecule has 34 heavy (non-hydrogen) atoms. The molecule has 1 aliphatic heterocycles. The van der Waals surface area contributed by atoms with Gasteiger partial charge < -0.3 is 15.5 Å². The smallest absolute Gasteiger partial charge is 0.356 e. The lowest BCUT2D eigenvalue weighted by molar-refractivity contribution is -0.138. The van der Waals surface area contributed by atoms with Gasteiger partial charge in [0.25, 0.3) is 5.91 Å². The van der Waals surface area contributed by atoms with Gasteiger partial charge in [0, 0.05) is 44.4 Å². The van der Waals surface area contributed by atoms with Gasteiger partial charge >= 0.3 is 6.18 Å². The van der Waals surface area contributed by atoms with E-state index in [0.717, 1.165) is 37.7 Å². The molecule has 0 radical (unpaired) electrons. The number of hydrogen-bond donors (Lipinski definition) is 3. The van der Waals surface area contributed by atoms with Crippen molar-refractivity contribution in [2.45, 2.75) is 57.7 Å². The molecule has 3 N–H and O–H groups in total. The van der Waals surface area contributed by atoms with Crippen LogP contribution in [-0.4, -0.2) is 50.9 Å². The number of amides is 3. The van der Waals surface area contributed by atoms with Crippen molar-refractivity contribution < 1.29 is 27.6 Å². The molecule has 1 atom stereocenters. The van der Waals surface area contributed by atoms with Crippen molar-refractivity contribution in [3.05, 3.63) is 41.3 Å². The summed E-state index contributed by atoms with van der Waals surface area (Å²) in [6, 6.07) is 1.91. The van der Waals surface area contributed by atoms with E-state index in [0.29, 0.717) is 25.2 Å². The van der Waals surface area contributed by atoms with Gasteiger partial charge in [0.1, 0.15) is 0 Å². The highest BCUT2D eigenvalue weighted by Gasteiger charge is 2.35. The van der Waals surface area contributed by atoms with Crippen LogP contribution in [0, 0.1) is 0 Å². The van der Waals surface area contributed by atoms with Crippen molar-refractivity contribution in [1.82, 2.24) is 25.4 Å². The molecule has 0 aromatic carbocycles. The van der Waals surface area contributed by atoms with E-state index < -0.39 is 23.2 Å². The summed E-state index contributed by atoms with van der Waals surface area (Å²) in [6.07, 6.45) is 0.445. The summed E-state index contributed by atoms with van der Waals surface area (Å²) < 4.78 is 39.6. The third kappa shape index (κ3) is 6.33. The van der Waals surface area contributed by atoms with Gasteiger partial charge in [-0.25, -0.2) is 0 Å². The van der Waals surface area contributed by atoms with E-state index in [1.807, 2.05) is 6.92 Å². The fourth-order valence-electron chi connectivity index (χ4n) is 3.85. The van der Waals surface area contributed by atoms with Crippen LogP contribution in [0.4, 0.5) is 19.0 Å². The predicted molar refractivity (Wildman–Crippen MR) is 117 cm³/mol. The van der Waals surface area contributed by atoms with Crippen molar-refractivity contribution in [2.75, 3.05) is 18.4 Å². The summed E-state index contributed by atoms with van der Waals surface area (Å²) in [6.45, 7) is 3.02. The molecule has 0 bridgehead atoms. The zero-order chi connectivity index (χ0) is 24.7. The maximum Gasteiger partial charge on any atom is 0.417 e. The Morgan fingerprint density at radius 3 is 2.76 bits per heavy atom. The third-order valence-electron chi connectivity index (χ3n) is 5.53. The molecule has 184 valence electrons. The number of likely N-dealkylation sites (tertiary alicyclic amines) is 1. The van der Waals surface area contributed by atoms with E-state index in [2.05, 4.69) is 25.8 Å². The number of nitrogens with zero attached hydrogens (tertiary/aromatic N) is 3. The Morgan fingerprint density at radius 2 is 2.03 bits per heavy atom. The second-order valence-corrected chi connectivity index (χ2v) is 8.03. The van der Waals surface area contributed by atoms with Crippen LogP contribution >= 0.6 is 0 Å². The Balaban J connectivity index is 1.67. The Bertz CT molecular complexity index is 1020. The van der Waals surface area contributed by atoms with Gasteiger partial charge in [-0.15, -0.1) is 0 Å². The molecule has 0 spiro atoms. The predicted octanol–water partition coefficient (Wildman–Crippen LogP) is 3.44. The van der Waals surface area contributed by atoms with Crippen LogP contribution in [0.3, 0.4) is 0 Å². The van der Waals surface area contributed by atoms with Crippen LogP contribution in [0.1, 0.15) is 73.1 Å². The molecule has 1 unspecified atom stereocenters. The maximum absolute atomic E-state index is 13.2. The number of anilines is 1. The Hall–Kier alpha value is -3.44. The number of carbonyl (C=O) groups excluding carboxylic acids is 3. The Labute approximate surface area is 194 Å². The Morgan fingerprint density at radius 1 is 1.24 bits per heavy atom. The SMILES string of the molecule is CCCNC(=O)CCC(=O)N1CCCCC1c1cc(NC(=O)c2cnccc2C(F)(F)F)n[nH]1. The number of aromatic amines is 1. The van der Waals surface area contributed by atoms with Gasteiger partial charge in [-0.3, -0.25) is 24.5 Å². The van der Waals surface area contributed by atoms with Gasteiger partial charge in [-0.1, -0.05) is 6.92 Å². The first-order valence-corrected chi connectivity index (χ1v) is 11.1. The number of aromatic nitrogens is 3. The first-order valence-electron chi connectivity index (χ1n) is 11.1. The van der Waals surface area contributed by atoms with Crippen molar-refractivity contribution in [1.29, 1.82) is 0 Å². The summed E-state index contributed by atoms with van der Waals surface area (Å²) in [7, 11) is 0. The molecule has 3 rings (SSSR count). The van der Waals surface area contributed by atoms with Gasteiger partial charge in [0.05, 0.1) is 22.9 Å². The highest BCUT2D eigenvalue weighted by Crippen LogP contribution is 2.33. The minimum atomic E-state index is -4.71. The highest BCUT2D eigenvalue weighted by atomic mass is 19.4. The summed E-state index contributed by atoms with van der Waals surface area (Å²) in [5, 5.41) is 11.9. The standard InChI is InChI=1S/C22H27F3N6O3/c1-2-9-27-19(32)6-7-20(33)31-11-4-3-5-17(31)16-12-18(30-29-16)28-21(34)14-13-26-10-8-15(14)22(23,24)25/h8,10,12-13,17H,2-7,9,11H2,1H3,(H,27,32)(H2,28,29,30,34). The molecule has 0 saturated carbocycles. The van der Waals surface area contributed by atoms with E-state index in [1.165, 1.54) is 6.07 Å². The van der Waals surface area contributed by atoms with Crippen molar-refractivity contribution in [2.24, 2.45) is 0 Å². The molecule has 2 aromatic heterocycles. The van der Waals surface area contributed by atoms with Crippen molar-refractivity contribution in [3.63, 3.8) is 0 Å². The lowest BCUT2D eigenvalue weighted by atomic mass is 9.98. The van der Waals surface area contributed by atoms with Gasteiger partial charge in [0.15, 0.2) is 5.82 Å². The number of hydrogen-bond acceptors (Lipinski definition) is 5. The maximum atomic E-state index is 13.2. The van der Waals surface area contributed by atoms with Crippen LogP contribution in [0.15, 0.2) is 24.5 Å². The summed E-state index contributed by atoms with van der Waals surface area (Å²) in [5.41, 5.74) is -1.15. The van der Waals surface area contributed by atoms with E-state index in [-0.39, 0.29) is 36.5 Å². The lowest BCUT2D eigenvalue weighted by Gasteiger charge is -2.35. The second kappa shape index (κ2) is 11.1. The largest absolute Gasteiger partial charge is 0.417 e. The van der Waals surface area contributed by atoms with Gasteiger partial charge in [-0.05, 0) is 31.7 Å². The molecular formula is C22H27F3N6O3. The topological polar surface area (TPSA) is 120 Å². The number of piperidine rings is 1. The van der Waals surface area contributed by atoms with E-state index in [4.69, 9.17) is 0 Å². The average Bonchev–Trinajstić information content (AvgIpc) is 3.28. The first kappa shape index (κ1) is 25.2. The normalized spacial score (nSPS) is 16.2. The molecule has 12 heteroatoms. The number of H-pyrrole nitrogens is 1. The quantitative estimate of drug-likeness (QED) is 0.535. The molecular weight excluding hydrogens is 453 g/mol. The van der Waals surface area contributed by atoms with Gasteiger partial charge in [-0.2, -0.15) is 18.3 Å². The summed E-state index contributed by atoms with van der Waals surface area (Å²) in [5.74, 6) is -1.30. The van der Waals surface area contributed by atoms with Crippen LogP contribution in [0.2, 0.25) is 0 Å². The van der Waals surface area contributed by atoms with Crippen molar-refractivity contribution >= 4 is 23.5 Å². The number of pyridine rings is 1. The zero-order valence-electron chi connectivity index (χ0n) is 18.7. The van der Waals surface area contributed by atoms with Gasteiger partial charge in [0.2, 0.25) is 11.8 Å². The van der Waals surface area contributed by atoms with Crippen LogP contribution < -0.4 is 10.6 Å². The number of alkyl halides is 3. The Kier molecular flexibility index (Phi) is 8.24. The molecule has 9 nitrogen and oxygen atoms in total. The minimum absolute atomic E-state index is 0.0360. The van der Waals surface area contributed by atoms with Crippen LogP contribution in [-0.2, 0) is 15.8 Å². The van der Waals surface area contributed by atoms with E-state index >= 15 is 0 Å². The first-order chi connectivity index (χ1) is 16.2. The molecule has 2 aromatic rings. The fraction of sp³-hybridized carbons (Fsp3) is 0.500. The third-order valence-corrected chi connectivity index (χ3v) is 5.53. The van der Waals surface area contributed by atoms with Crippen LogP contribution in [0.5, 0.6) is 0 Å². The fourth-order valence-corrected chi connectivity index (χ4v) is 3.85. The van der Waals surface area contributed by atoms with E-state index in [1.54, 1.807) is 4.90 Å². The molecule has 3 amide bonds. The van der Waals surface area contributed by atoms with Crippen molar-refractivity contribution in [3.8, 4) is 0 Å². The number of nitrogens with one attached hydrogen (secondary N) is 3. The number of rotatable bonds is 8. The summed E-state index contributed by atoms with van der Waals surface area (Å²) >= 11 is 0. The minimum Gasteiger partial charge on any atom is -0.356 e. The number of halogens is 3. The molecule has 1 fully saturated rings. The molecule has 1 aliphatic rings. The summed E-state index contributed by atoms with van der Waals surface area (Å²) in [4.78, 5) is 42.4. The highest BCUT2D eigenvalue weighted by molar-refractivity contribution is 6.04. The molecule has 1 saturated heterocycles. The number of carbonyl (C=O) groups is 3.